The third kappa shape index (κ3) is 5.64. The number of ether oxygens (including phenoxy) is 4. The second-order valence-electron chi connectivity index (χ2n) is 6.15. The zero-order valence-electron chi connectivity index (χ0n) is 18.3. The largest absolute Gasteiger partial charge is 0.497 e. The molecular formula is C22H26N2O7S. The van der Waals surface area contributed by atoms with Gasteiger partial charge in [-0.2, -0.15) is 5.01 Å². The molecule has 0 saturated carbocycles. The summed E-state index contributed by atoms with van der Waals surface area (Å²) in [7, 11) is 2.70. The smallest absolute Gasteiger partial charge is 0.431 e. The van der Waals surface area contributed by atoms with E-state index in [2.05, 4.69) is 5.43 Å². The zero-order valence-corrected chi connectivity index (χ0v) is 19.1. The molecule has 32 heavy (non-hydrogen) atoms. The fourth-order valence-electron chi connectivity index (χ4n) is 2.79. The first kappa shape index (κ1) is 24.9. The SMILES string of the molecule is CCOC(=O)NN(C(=O)OCC)C(Sc1ccccc1)(C(=O)OC)c1ccc(OC)cc1. The number of benzene rings is 2. The number of methoxy groups -OCH3 is 2. The summed E-state index contributed by atoms with van der Waals surface area (Å²) >= 11 is 0.997. The van der Waals surface area contributed by atoms with Gasteiger partial charge >= 0.3 is 18.2 Å². The van der Waals surface area contributed by atoms with Crippen LogP contribution in [0.4, 0.5) is 9.59 Å². The van der Waals surface area contributed by atoms with Crippen LogP contribution in [0.2, 0.25) is 0 Å². The fraction of sp³-hybridized carbons (Fsp3) is 0.318. The van der Waals surface area contributed by atoms with Crippen LogP contribution in [0.25, 0.3) is 0 Å². The zero-order chi connectivity index (χ0) is 23.6. The summed E-state index contributed by atoms with van der Waals surface area (Å²) in [5.74, 6) is -0.278. The summed E-state index contributed by atoms with van der Waals surface area (Å²) in [6, 6.07) is 15.4. The van der Waals surface area contributed by atoms with Gasteiger partial charge in [0.25, 0.3) is 0 Å². The maximum absolute atomic E-state index is 13.4. The Morgan fingerprint density at radius 1 is 0.938 bits per heavy atom. The number of carbonyl (C=O) groups is 3. The molecule has 1 N–H and O–H groups in total. The molecule has 0 aliphatic heterocycles. The van der Waals surface area contributed by atoms with E-state index < -0.39 is 23.0 Å². The molecule has 0 spiro atoms. The van der Waals surface area contributed by atoms with Crippen molar-refractivity contribution in [1.29, 1.82) is 0 Å². The Kier molecular flexibility index (Phi) is 9.21. The van der Waals surface area contributed by atoms with Crippen molar-refractivity contribution in [3.8, 4) is 5.75 Å². The van der Waals surface area contributed by atoms with E-state index >= 15 is 0 Å². The Morgan fingerprint density at radius 3 is 2.09 bits per heavy atom. The van der Waals surface area contributed by atoms with Gasteiger partial charge in [-0.05, 0) is 38.1 Å². The molecule has 172 valence electrons. The van der Waals surface area contributed by atoms with Gasteiger partial charge in [-0.3, -0.25) is 0 Å². The number of esters is 1. The van der Waals surface area contributed by atoms with Crippen LogP contribution in [-0.2, 0) is 23.9 Å². The quantitative estimate of drug-likeness (QED) is 0.207. The number of hydrazine groups is 1. The molecule has 0 heterocycles. The van der Waals surface area contributed by atoms with Gasteiger partial charge in [0.15, 0.2) is 0 Å². The van der Waals surface area contributed by atoms with Crippen molar-refractivity contribution in [3.63, 3.8) is 0 Å². The number of amides is 2. The number of carbonyl (C=O) groups excluding carboxylic acids is 3. The van der Waals surface area contributed by atoms with Crippen molar-refractivity contribution in [3.05, 3.63) is 60.2 Å². The Bertz CT molecular complexity index is 908. The minimum atomic E-state index is -1.89. The molecule has 2 aromatic carbocycles. The van der Waals surface area contributed by atoms with Crippen molar-refractivity contribution < 1.29 is 33.3 Å². The number of nitrogens with zero attached hydrogens (tertiary/aromatic N) is 1. The van der Waals surface area contributed by atoms with Crippen LogP contribution in [0.5, 0.6) is 5.75 Å². The molecule has 1 unspecified atom stereocenters. The first-order chi connectivity index (χ1) is 15.4. The van der Waals surface area contributed by atoms with E-state index in [-0.39, 0.29) is 13.2 Å². The predicted molar refractivity (Wildman–Crippen MR) is 118 cm³/mol. The van der Waals surface area contributed by atoms with E-state index in [1.165, 1.54) is 14.2 Å². The average Bonchev–Trinajstić information content (AvgIpc) is 2.81. The van der Waals surface area contributed by atoms with Crippen molar-refractivity contribution in [2.75, 3.05) is 27.4 Å². The first-order valence-electron chi connectivity index (χ1n) is 9.80. The minimum Gasteiger partial charge on any atom is -0.497 e. The highest BCUT2D eigenvalue weighted by atomic mass is 32.2. The summed E-state index contributed by atoms with van der Waals surface area (Å²) < 4.78 is 20.4. The normalized spacial score (nSPS) is 12.1. The maximum atomic E-state index is 13.4. The molecule has 2 amide bonds. The van der Waals surface area contributed by atoms with Crippen LogP contribution in [0.1, 0.15) is 19.4 Å². The highest BCUT2D eigenvalue weighted by Gasteiger charge is 2.53. The van der Waals surface area contributed by atoms with Crippen molar-refractivity contribution in [2.24, 2.45) is 0 Å². The van der Waals surface area contributed by atoms with E-state index in [1.807, 2.05) is 6.07 Å². The molecule has 9 nitrogen and oxygen atoms in total. The maximum Gasteiger partial charge on any atom is 0.431 e. The van der Waals surface area contributed by atoms with Crippen molar-refractivity contribution in [2.45, 2.75) is 23.6 Å². The standard InChI is InChI=1S/C22H26N2O7S/c1-5-30-20(26)23-24(21(27)31-6-2)22(19(25)29-4,32-18-10-8-7-9-11-18)16-12-14-17(28-3)15-13-16/h7-15H,5-6H2,1-4H3,(H,23,26). The number of hydrogen-bond donors (Lipinski definition) is 1. The van der Waals surface area contributed by atoms with E-state index in [0.29, 0.717) is 16.2 Å². The van der Waals surface area contributed by atoms with Gasteiger partial charge in [0.1, 0.15) is 5.75 Å². The van der Waals surface area contributed by atoms with Crippen LogP contribution in [0.15, 0.2) is 59.5 Å². The molecule has 2 aromatic rings. The number of hydrogen-bond acceptors (Lipinski definition) is 8. The molecule has 0 saturated heterocycles. The van der Waals surface area contributed by atoms with Gasteiger partial charge < -0.3 is 18.9 Å². The van der Waals surface area contributed by atoms with Crippen molar-refractivity contribution in [1.82, 2.24) is 10.4 Å². The summed E-state index contributed by atoms with van der Waals surface area (Å²) in [5.41, 5.74) is 2.69. The van der Waals surface area contributed by atoms with E-state index in [4.69, 9.17) is 18.9 Å². The van der Waals surface area contributed by atoms with Gasteiger partial charge in [-0.25, -0.2) is 19.8 Å². The Morgan fingerprint density at radius 2 is 1.56 bits per heavy atom. The molecule has 0 aliphatic rings. The van der Waals surface area contributed by atoms with Gasteiger partial charge in [0.05, 0.1) is 27.4 Å². The molecule has 0 aromatic heterocycles. The van der Waals surface area contributed by atoms with E-state index in [0.717, 1.165) is 16.8 Å². The highest BCUT2D eigenvalue weighted by Crippen LogP contribution is 2.45. The molecule has 0 radical (unpaired) electrons. The van der Waals surface area contributed by atoms with Crippen LogP contribution < -0.4 is 10.2 Å². The van der Waals surface area contributed by atoms with Crippen molar-refractivity contribution >= 4 is 29.9 Å². The molecule has 0 bridgehead atoms. The minimum absolute atomic E-state index is 0.00963. The summed E-state index contributed by atoms with van der Waals surface area (Å²) in [6.07, 6.45) is -1.90. The Balaban J connectivity index is 2.75. The number of thioether (sulfide) groups is 1. The Labute approximate surface area is 190 Å². The molecule has 0 fully saturated rings. The lowest BCUT2D eigenvalue weighted by molar-refractivity contribution is -0.150. The molecule has 1 atom stereocenters. The lowest BCUT2D eigenvalue weighted by Crippen LogP contribution is -2.60. The second-order valence-corrected chi connectivity index (χ2v) is 7.41. The van der Waals surface area contributed by atoms with E-state index in [9.17, 15) is 14.4 Å². The lowest BCUT2D eigenvalue weighted by atomic mass is 10.1. The monoisotopic (exact) mass is 462 g/mol. The second kappa shape index (κ2) is 11.8. The fourth-order valence-corrected chi connectivity index (χ4v) is 4.06. The third-order valence-corrected chi connectivity index (χ3v) is 5.58. The van der Waals surface area contributed by atoms with Gasteiger partial charge in [0.2, 0.25) is 4.87 Å². The van der Waals surface area contributed by atoms with Gasteiger partial charge in [-0.1, -0.05) is 42.1 Å². The average molecular weight is 463 g/mol. The topological polar surface area (TPSA) is 103 Å². The predicted octanol–water partition coefficient (Wildman–Crippen LogP) is 3.93. The van der Waals surface area contributed by atoms with Crippen LogP contribution in [0.3, 0.4) is 0 Å². The first-order valence-corrected chi connectivity index (χ1v) is 10.6. The molecule has 2 rings (SSSR count). The summed E-state index contributed by atoms with van der Waals surface area (Å²) in [4.78, 5) is 37.5. The van der Waals surface area contributed by atoms with Crippen LogP contribution in [-0.4, -0.2) is 50.6 Å². The van der Waals surface area contributed by atoms with Crippen LogP contribution in [0, 0.1) is 0 Å². The third-order valence-electron chi connectivity index (χ3n) is 4.20. The molecule has 0 aliphatic carbocycles. The number of nitrogens with one attached hydrogen (secondary N) is 1. The summed E-state index contributed by atoms with van der Waals surface area (Å²) in [5, 5.41) is 0.791. The highest BCUT2D eigenvalue weighted by molar-refractivity contribution is 8.01. The molecule has 10 heteroatoms. The Hall–Kier alpha value is -3.40. The number of rotatable bonds is 8. The van der Waals surface area contributed by atoms with Gasteiger partial charge in [-0.15, -0.1) is 0 Å². The van der Waals surface area contributed by atoms with Gasteiger partial charge in [0, 0.05) is 10.5 Å². The van der Waals surface area contributed by atoms with Crippen LogP contribution >= 0.6 is 11.8 Å². The molecular weight excluding hydrogens is 436 g/mol. The summed E-state index contributed by atoms with van der Waals surface area (Å²) in [6.45, 7) is 3.29. The van der Waals surface area contributed by atoms with E-state index in [1.54, 1.807) is 62.4 Å². The lowest BCUT2D eigenvalue weighted by Gasteiger charge is -2.39.